The van der Waals surface area contributed by atoms with Gasteiger partial charge in [0.25, 0.3) is 0 Å². The van der Waals surface area contributed by atoms with Crippen molar-refractivity contribution in [3.05, 3.63) is 51.7 Å². The first-order chi connectivity index (χ1) is 9.17. The molecule has 19 heavy (non-hydrogen) atoms. The second-order valence-electron chi connectivity index (χ2n) is 4.81. The van der Waals surface area contributed by atoms with E-state index < -0.39 is 0 Å². The topological polar surface area (TPSA) is 26.0 Å². The molecule has 0 fully saturated rings. The molecule has 0 saturated carbocycles. The van der Waals surface area contributed by atoms with Crippen LogP contribution in [0.15, 0.2) is 41.3 Å². The lowest BCUT2D eigenvalue weighted by Crippen LogP contribution is -2.25. The van der Waals surface area contributed by atoms with Crippen LogP contribution in [-0.2, 0) is 12.8 Å². The smallest absolute Gasteiger partial charge is 0.0182 e. The Morgan fingerprint density at radius 1 is 1.11 bits per heavy atom. The SMILES string of the molecule is CCc1ccc(CC(N)CSc2ccc(C)cc2)s1. The van der Waals surface area contributed by atoms with Gasteiger partial charge in [0, 0.05) is 26.4 Å². The van der Waals surface area contributed by atoms with E-state index in [1.54, 1.807) is 0 Å². The van der Waals surface area contributed by atoms with Gasteiger partial charge >= 0.3 is 0 Å². The Balaban J connectivity index is 1.81. The molecule has 2 rings (SSSR count). The predicted octanol–water partition coefficient (Wildman–Crippen LogP) is 4.28. The Bertz CT molecular complexity index is 502. The third-order valence-electron chi connectivity index (χ3n) is 3.01. The van der Waals surface area contributed by atoms with E-state index in [0.717, 1.165) is 18.6 Å². The summed E-state index contributed by atoms with van der Waals surface area (Å²) < 4.78 is 0. The highest BCUT2D eigenvalue weighted by atomic mass is 32.2. The van der Waals surface area contributed by atoms with E-state index in [0.29, 0.717) is 0 Å². The molecule has 1 atom stereocenters. The lowest BCUT2D eigenvalue weighted by Gasteiger charge is -2.10. The van der Waals surface area contributed by atoms with Crippen LogP contribution in [0.3, 0.4) is 0 Å². The minimum atomic E-state index is 0.231. The molecule has 0 aliphatic heterocycles. The van der Waals surface area contributed by atoms with Crippen LogP contribution in [0.4, 0.5) is 0 Å². The highest BCUT2D eigenvalue weighted by Gasteiger charge is 2.07. The van der Waals surface area contributed by atoms with Gasteiger partial charge in [-0.05, 0) is 44.0 Å². The van der Waals surface area contributed by atoms with Crippen molar-refractivity contribution in [1.82, 2.24) is 0 Å². The molecule has 0 bridgehead atoms. The predicted molar refractivity (Wildman–Crippen MR) is 87.3 cm³/mol. The van der Waals surface area contributed by atoms with Crippen molar-refractivity contribution in [3.63, 3.8) is 0 Å². The summed E-state index contributed by atoms with van der Waals surface area (Å²) in [5.41, 5.74) is 7.52. The highest BCUT2D eigenvalue weighted by Crippen LogP contribution is 2.22. The van der Waals surface area contributed by atoms with Crippen molar-refractivity contribution < 1.29 is 0 Å². The van der Waals surface area contributed by atoms with Crippen LogP contribution in [0.2, 0.25) is 0 Å². The number of aryl methyl sites for hydroxylation is 2. The molecule has 0 amide bonds. The number of thioether (sulfide) groups is 1. The molecule has 0 saturated heterocycles. The molecule has 0 radical (unpaired) electrons. The normalized spacial score (nSPS) is 12.6. The monoisotopic (exact) mass is 291 g/mol. The number of hydrogen-bond donors (Lipinski definition) is 1. The lowest BCUT2D eigenvalue weighted by atomic mass is 10.2. The van der Waals surface area contributed by atoms with Gasteiger partial charge in [-0.3, -0.25) is 0 Å². The summed E-state index contributed by atoms with van der Waals surface area (Å²) in [6, 6.07) is 13.3. The molecule has 2 aromatic rings. The van der Waals surface area contributed by atoms with Crippen molar-refractivity contribution in [2.75, 3.05) is 5.75 Å². The summed E-state index contributed by atoms with van der Waals surface area (Å²) >= 11 is 3.74. The first-order valence-corrected chi connectivity index (χ1v) is 8.50. The average molecular weight is 291 g/mol. The summed E-state index contributed by atoms with van der Waals surface area (Å²) in [5.74, 6) is 0.975. The van der Waals surface area contributed by atoms with Gasteiger partial charge in [-0.1, -0.05) is 24.6 Å². The maximum atomic E-state index is 6.22. The fourth-order valence-corrected chi connectivity index (χ4v) is 3.78. The minimum Gasteiger partial charge on any atom is -0.327 e. The van der Waals surface area contributed by atoms with Gasteiger partial charge in [0.05, 0.1) is 0 Å². The van der Waals surface area contributed by atoms with Crippen molar-refractivity contribution in [2.24, 2.45) is 5.73 Å². The van der Waals surface area contributed by atoms with Crippen LogP contribution in [0.1, 0.15) is 22.2 Å². The van der Waals surface area contributed by atoms with Crippen LogP contribution in [0.25, 0.3) is 0 Å². The summed E-state index contributed by atoms with van der Waals surface area (Å²) in [6.45, 7) is 4.31. The zero-order valence-corrected chi connectivity index (χ0v) is 13.2. The van der Waals surface area contributed by atoms with Crippen molar-refractivity contribution in [1.29, 1.82) is 0 Å². The molecule has 1 nitrogen and oxygen atoms in total. The summed E-state index contributed by atoms with van der Waals surface area (Å²) in [4.78, 5) is 4.17. The van der Waals surface area contributed by atoms with Gasteiger partial charge in [-0.25, -0.2) is 0 Å². The third kappa shape index (κ3) is 4.68. The average Bonchev–Trinajstić information content (AvgIpc) is 2.86. The van der Waals surface area contributed by atoms with Gasteiger partial charge in [0.1, 0.15) is 0 Å². The molecule has 1 aromatic heterocycles. The molecule has 0 aliphatic carbocycles. The molecule has 0 spiro atoms. The van der Waals surface area contributed by atoms with Crippen LogP contribution >= 0.6 is 23.1 Å². The molecule has 102 valence electrons. The third-order valence-corrected chi connectivity index (χ3v) is 5.47. The summed E-state index contributed by atoms with van der Waals surface area (Å²) in [7, 11) is 0. The summed E-state index contributed by atoms with van der Waals surface area (Å²) in [6.07, 6.45) is 2.11. The quantitative estimate of drug-likeness (QED) is 0.804. The van der Waals surface area contributed by atoms with E-state index in [4.69, 9.17) is 5.73 Å². The van der Waals surface area contributed by atoms with Crippen LogP contribution < -0.4 is 5.73 Å². The Kier molecular flexibility index (Phi) is 5.49. The number of rotatable bonds is 6. The van der Waals surface area contributed by atoms with Crippen molar-refractivity contribution in [2.45, 2.75) is 37.6 Å². The van der Waals surface area contributed by atoms with E-state index in [-0.39, 0.29) is 6.04 Å². The number of hydrogen-bond acceptors (Lipinski definition) is 3. The number of benzene rings is 1. The first-order valence-electron chi connectivity index (χ1n) is 6.70. The Hall–Kier alpha value is -0.770. The lowest BCUT2D eigenvalue weighted by molar-refractivity contribution is 0.757. The van der Waals surface area contributed by atoms with Gasteiger partial charge in [-0.2, -0.15) is 0 Å². The van der Waals surface area contributed by atoms with Gasteiger partial charge < -0.3 is 5.73 Å². The van der Waals surface area contributed by atoms with Crippen LogP contribution in [-0.4, -0.2) is 11.8 Å². The number of nitrogens with two attached hydrogens (primary N) is 1. The van der Waals surface area contributed by atoms with Crippen molar-refractivity contribution >= 4 is 23.1 Å². The molecular formula is C16H21NS2. The van der Waals surface area contributed by atoms with E-state index >= 15 is 0 Å². The minimum absolute atomic E-state index is 0.231. The molecule has 2 N–H and O–H groups in total. The van der Waals surface area contributed by atoms with Gasteiger partial charge in [0.2, 0.25) is 0 Å². The van der Waals surface area contributed by atoms with Crippen LogP contribution in [0.5, 0.6) is 0 Å². The molecular weight excluding hydrogens is 270 g/mol. The standard InChI is InChI=1S/C16H21NS2/c1-3-14-8-9-16(19-14)10-13(17)11-18-15-6-4-12(2)5-7-15/h4-9,13H,3,10-11,17H2,1-2H3. The van der Waals surface area contributed by atoms with E-state index in [9.17, 15) is 0 Å². The summed E-state index contributed by atoms with van der Waals surface area (Å²) in [5, 5.41) is 0. The molecule has 1 heterocycles. The maximum Gasteiger partial charge on any atom is 0.0182 e. The zero-order valence-electron chi connectivity index (χ0n) is 11.6. The van der Waals surface area contributed by atoms with E-state index in [1.807, 2.05) is 23.1 Å². The molecule has 3 heteroatoms. The zero-order chi connectivity index (χ0) is 13.7. The van der Waals surface area contributed by atoms with Crippen molar-refractivity contribution in [3.8, 4) is 0 Å². The van der Waals surface area contributed by atoms with Crippen LogP contribution in [0, 0.1) is 6.92 Å². The van der Waals surface area contributed by atoms with E-state index in [2.05, 4.69) is 50.2 Å². The van der Waals surface area contributed by atoms with E-state index in [1.165, 1.54) is 20.2 Å². The second-order valence-corrected chi connectivity index (χ2v) is 7.16. The highest BCUT2D eigenvalue weighted by molar-refractivity contribution is 7.99. The van der Waals surface area contributed by atoms with Gasteiger partial charge in [0.15, 0.2) is 0 Å². The first kappa shape index (κ1) is 14.6. The Labute approximate surface area is 124 Å². The Morgan fingerprint density at radius 2 is 1.79 bits per heavy atom. The Morgan fingerprint density at radius 3 is 2.42 bits per heavy atom. The van der Waals surface area contributed by atoms with Gasteiger partial charge in [-0.15, -0.1) is 23.1 Å². The second kappa shape index (κ2) is 7.13. The maximum absolute atomic E-state index is 6.22. The molecule has 1 unspecified atom stereocenters. The molecule has 0 aliphatic rings. The fraction of sp³-hybridized carbons (Fsp3) is 0.375. The largest absolute Gasteiger partial charge is 0.327 e. The molecule has 1 aromatic carbocycles. The fourth-order valence-electron chi connectivity index (χ4n) is 1.88. The number of thiophene rings is 1.